The largest absolute Gasteiger partial charge is 0.493 e. The van der Waals surface area contributed by atoms with Gasteiger partial charge in [0.25, 0.3) is 11.8 Å². The number of benzene rings is 4. The highest BCUT2D eigenvalue weighted by atomic mass is 16.5. The second-order valence-corrected chi connectivity index (χ2v) is 10.9. The first-order valence-electron chi connectivity index (χ1n) is 15.8. The molecule has 1 aliphatic heterocycles. The molecule has 4 aromatic rings. The maximum Gasteiger partial charge on any atom is 0.255 e. The number of hydrogen-bond acceptors (Lipinski definition) is 6. The molecule has 0 radical (unpaired) electrons. The summed E-state index contributed by atoms with van der Waals surface area (Å²) >= 11 is 0. The summed E-state index contributed by atoms with van der Waals surface area (Å²) in [5.41, 5.74) is 4.50. The summed E-state index contributed by atoms with van der Waals surface area (Å²) in [4.78, 5) is 26.3. The van der Waals surface area contributed by atoms with E-state index >= 15 is 0 Å². The van der Waals surface area contributed by atoms with E-state index in [2.05, 4.69) is 23.8 Å². The van der Waals surface area contributed by atoms with Crippen LogP contribution < -0.4 is 29.6 Å². The lowest BCUT2D eigenvalue weighted by Crippen LogP contribution is -2.35. The lowest BCUT2D eigenvalue weighted by atomic mass is 10.1. The van der Waals surface area contributed by atoms with Crippen LogP contribution in [0.3, 0.4) is 0 Å². The quantitative estimate of drug-likeness (QED) is 0.246. The van der Waals surface area contributed by atoms with Crippen LogP contribution in [0.4, 0.5) is 0 Å². The highest BCUT2D eigenvalue weighted by Gasteiger charge is 2.17. The highest BCUT2D eigenvalue weighted by molar-refractivity contribution is 5.98. The van der Waals surface area contributed by atoms with Crippen molar-refractivity contribution < 1.29 is 28.5 Å². The number of allylic oxidation sites excluding steroid dienone is 2. The van der Waals surface area contributed by atoms with E-state index in [0.29, 0.717) is 55.1 Å². The summed E-state index contributed by atoms with van der Waals surface area (Å²) < 4.78 is 25.1. The van der Waals surface area contributed by atoms with Gasteiger partial charge in [0.15, 0.2) is 0 Å². The molecule has 5 rings (SSSR count). The maximum atomic E-state index is 13.1. The molecule has 0 saturated carbocycles. The summed E-state index contributed by atoms with van der Waals surface area (Å²) in [5.74, 6) is 1.76. The number of fused-ring (bicyclic) bond motifs is 4. The molecule has 0 aliphatic carbocycles. The fourth-order valence-corrected chi connectivity index (χ4v) is 5.33. The first kappa shape index (κ1) is 32.9. The van der Waals surface area contributed by atoms with Crippen LogP contribution in [0.2, 0.25) is 0 Å². The number of ether oxygens (including phenoxy) is 4. The zero-order valence-corrected chi connectivity index (χ0v) is 26.5. The van der Waals surface area contributed by atoms with Gasteiger partial charge < -0.3 is 29.6 Å². The molecule has 0 unspecified atom stereocenters. The molecule has 1 aliphatic rings. The van der Waals surface area contributed by atoms with Crippen molar-refractivity contribution in [2.75, 3.05) is 26.3 Å². The van der Waals surface area contributed by atoms with E-state index < -0.39 is 0 Å². The molecular weight excluding hydrogens is 592 g/mol. The number of amides is 2. The summed E-state index contributed by atoms with van der Waals surface area (Å²) in [6.45, 7) is 9.50. The van der Waals surface area contributed by atoms with Gasteiger partial charge in [-0.05, 0) is 48.2 Å². The number of para-hydroxylation sites is 4. The molecule has 242 valence electrons. The first-order chi connectivity index (χ1) is 23.1. The smallest absolute Gasteiger partial charge is 0.255 e. The lowest BCUT2D eigenvalue weighted by Gasteiger charge is -2.18. The molecule has 0 spiro atoms. The minimum atomic E-state index is -0.302. The SMILES string of the molecule is C=CCc1cccc2c1OCCCOc1c(CC=C)cccc1COc1ccccc1C(=O)NCCNC(=O)c1ccccc1OC2. The minimum absolute atomic E-state index is 0.203. The second-order valence-electron chi connectivity index (χ2n) is 10.9. The van der Waals surface area contributed by atoms with Gasteiger partial charge in [0, 0.05) is 30.6 Å². The molecule has 0 fully saturated rings. The van der Waals surface area contributed by atoms with Gasteiger partial charge in [-0.2, -0.15) is 0 Å². The minimum Gasteiger partial charge on any atom is -0.493 e. The summed E-state index contributed by atoms with van der Waals surface area (Å²) in [6, 6.07) is 26.0. The molecule has 2 N–H and O–H groups in total. The van der Waals surface area contributed by atoms with Crippen LogP contribution in [-0.2, 0) is 26.1 Å². The number of rotatable bonds is 4. The summed E-state index contributed by atoms with van der Waals surface area (Å²) in [7, 11) is 0. The Morgan fingerprint density at radius 2 is 1.02 bits per heavy atom. The molecular formula is C39H40N2O6. The van der Waals surface area contributed by atoms with E-state index in [1.165, 1.54) is 0 Å². The van der Waals surface area contributed by atoms with Gasteiger partial charge in [-0.1, -0.05) is 72.8 Å². The predicted molar refractivity (Wildman–Crippen MR) is 183 cm³/mol. The van der Waals surface area contributed by atoms with Crippen molar-refractivity contribution in [2.45, 2.75) is 32.5 Å². The normalized spacial score (nSPS) is 14.4. The number of nitrogens with one attached hydrogen (secondary N) is 2. The van der Waals surface area contributed by atoms with Gasteiger partial charge in [-0.15, -0.1) is 13.2 Å². The van der Waals surface area contributed by atoms with Gasteiger partial charge in [0.05, 0.1) is 24.3 Å². The van der Waals surface area contributed by atoms with Crippen molar-refractivity contribution in [1.29, 1.82) is 0 Å². The van der Waals surface area contributed by atoms with E-state index in [-0.39, 0.29) is 38.1 Å². The van der Waals surface area contributed by atoms with Crippen molar-refractivity contribution in [3.8, 4) is 23.0 Å². The Kier molecular flexibility index (Phi) is 11.7. The molecule has 4 aromatic carbocycles. The molecule has 2 amide bonds. The van der Waals surface area contributed by atoms with Gasteiger partial charge in [-0.3, -0.25) is 9.59 Å². The number of carbonyl (C=O) groups excluding carboxylic acids is 2. The van der Waals surface area contributed by atoms with E-state index in [1.807, 2.05) is 60.7 Å². The van der Waals surface area contributed by atoms with Crippen molar-refractivity contribution in [3.05, 3.63) is 144 Å². The molecule has 0 atom stereocenters. The fraction of sp³-hybridized carbons (Fsp3) is 0.231. The van der Waals surface area contributed by atoms with E-state index in [1.54, 1.807) is 36.4 Å². The van der Waals surface area contributed by atoms with Gasteiger partial charge in [-0.25, -0.2) is 0 Å². The zero-order chi connectivity index (χ0) is 32.8. The van der Waals surface area contributed by atoms with Crippen LogP contribution in [0.5, 0.6) is 23.0 Å². The fourth-order valence-electron chi connectivity index (χ4n) is 5.33. The van der Waals surface area contributed by atoms with Gasteiger partial charge in [0.2, 0.25) is 0 Å². The second kappa shape index (κ2) is 16.7. The van der Waals surface area contributed by atoms with Crippen LogP contribution >= 0.6 is 0 Å². The van der Waals surface area contributed by atoms with Crippen LogP contribution in [0.25, 0.3) is 0 Å². The Morgan fingerprint density at radius 3 is 1.47 bits per heavy atom. The van der Waals surface area contributed by atoms with E-state index in [9.17, 15) is 9.59 Å². The Balaban J connectivity index is 1.42. The van der Waals surface area contributed by atoms with Crippen LogP contribution in [-0.4, -0.2) is 38.1 Å². The van der Waals surface area contributed by atoms with Crippen molar-refractivity contribution in [2.24, 2.45) is 0 Å². The average molecular weight is 633 g/mol. The van der Waals surface area contributed by atoms with Crippen molar-refractivity contribution in [1.82, 2.24) is 10.6 Å². The third kappa shape index (κ3) is 8.61. The molecule has 0 saturated heterocycles. The Bertz CT molecular complexity index is 1590. The van der Waals surface area contributed by atoms with Crippen molar-refractivity contribution >= 4 is 11.8 Å². The third-order valence-corrected chi connectivity index (χ3v) is 7.59. The summed E-state index contributed by atoms with van der Waals surface area (Å²) in [6.07, 6.45) is 5.58. The third-order valence-electron chi connectivity index (χ3n) is 7.59. The Morgan fingerprint density at radius 1 is 0.574 bits per heavy atom. The topological polar surface area (TPSA) is 95.1 Å². The van der Waals surface area contributed by atoms with Crippen LogP contribution in [0, 0.1) is 0 Å². The number of carbonyl (C=O) groups is 2. The molecule has 47 heavy (non-hydrogen) atoms. The molecule has 0 aromatic heterocycles. The standard InChI is InChI=1S/C39H40N2O6/c1-3-12-28-14-9-16-30-26-46-34-20-7-5-18-32(34)38(42)40-22-23-41-39(43)33-19-6-8-21-35(33)47-27-31-17-10-15-29(13-4-2)37(31)45-25-11-24-44-36(28)30/h3-10,14-21H,1-2,11-13,22-27H2,(H,40,42)(H,41,43). The Labute approximate surface area is 276 Å². The molecule has 8 heteroatoms. The maximum absolute atomic E-state index is 13.1. The monoisotopic (exact) mass is 632 g/mol. The van der Waals surface area contributed by atoms with E-state index in [0.717, 1.165) is 33.8 Å². The van der Waals surface area contributed by atoms with Crippen LogP contribution in [0.15, 0.2) is 110 Å². The lowest BCUT2D eigenvalue weighted by molar-refractivity contribution is 0.0922. The molecule has 8 nitrogen and oxygen atoms in total. The van der Waals surface area contributed by atoms with Crippen molar-refractivity contribution in [3.63, 3.8) is 0 Å². The van der Waals surface area contributed by atoms with Gasteiger partial charge in [0.1, 0.15) is 36.2 Å². The zero-order valence-electron chi connectivity index (χ0n) is 26.5. The van der Waals surface area contributed by atoms with E-state index in [4.69, 9.17) is 18.9 Å². The summed E-state index contributed by atoms with van der Waals surface area (Å²) in [5, 5.41) is 5.76. The van der Waals surface area contributed by atoms with Gasteiger partial charge >= 0.3 is 0 Å². The molecule has 0 bridgehead atoms. The first-order valence-corrected chi connectivity index (χ1v) is 15.8. The highest BCUT2D eigenvalue weighted by Crippen LogP contribution is 2.30. The number of hydrogen-bond donors (Lipinski definition) is 2. The average Bonchev–Trinajstić information content (AvgIpc) is 3.09. The Hall–Kier alpha value is -5.50. The molecule has 1 heterocycles. The predicted octanol–water partition coefficient (Wildman–Crippen LogP) is 6.62. The van der Waals surface area contributed by atoms with Crippen LogP contribution in [0.1, 0.15) is 49.4 Å².